The van der Waals surface area contributed by atoms with Gasteiger partial charge in [-0.1, -0.05) is 48.5 Å². The highest BCUT2D eigenvalue weighted by Gasteiger charge is 2.16. The lowest BCUT2D eigenvalue weighted by molar-refractivity contribution is -0.129. The molecule has 0 aromatic heterocycles. The van der Waals surface area contributed by atoms with Gasteiger partial charge in [0.15, 0.2) is 17.6 Å². The van der Waals surface area contributed by atoms with Crippen molar-refractivity contribution in [2.75, 3.05) is 7.11 Å². The van der Waals surface area contributed by atoms with E-state index < -0.39 is 18.0 Å². The average molecular weight is 404 g/mol. The molecule has 1 amide bonds. The van der Waals surface area contributed by atoms with Crippen LogP contribution in [-0.2, 0) is 4.79 Å². The van der Waals surface area contributed by atoms with Crippen LogP contribution in [0.2, 0.25) is 0 Å². The number of aliphatic hydroxyl groups excluding tert-OH is 1. The molecule has 0 bridgehead atoms. The van der Waals surface area contributed by atoms with Gasteiger partial charge in [0.1, 0.15) is 0 Å². The fraction of sp³-hybridized carbons (Fsp3) is 0.0870. The number of amides is 1. The Labute approximate surface area is 173 Å². The van der Waals surface area contributed by atoms with Crippen LogP contribution in [0.5, 0.6) is 11.5 Å². The summed E-state index contributed by atoms with van der Waals surface area (Å²) < 4.78 is 10.7. The SMILES string of the molecule is COc1cc(/C=N\NC(=O)[C@@H](O)c2ccccc2)ccc1OC(=O)c1ccccc1. The van der Waals surface area contributed by atoms with Gasteiger partial charge in [-0.25, -0.2) is 10.2 Å². The highest BCUT2D eigenvalue weighted by molar-refractivity contribution is 5.91. The topological polar surface area (TPSA) is 97.2 Å². The number of ether oxygens (including phenoxy) is 2. The Kier molecular flexibility index (Phi) is 6.91. The Bertz CT molecular complexity index is 1040. The van der Waals surface area contributed by atoms with Crippen LogP contribution in [0.3, 0.4) is 0 Å². The van der Waals surface area contributed by atoms with Crippen molar-refractivity contribution in [2.45, 2.75) is 6.10 Å². The molecule has 0 spiro atoms. The number of nitrogens with zero attached hydrogens (tertiary/aromatic N) is 1. The number of carbonyl (C=O) groups excluding carboxylic acids is 2. The van der Waals surface area contributed by atoms with E-state index in [1.165, 1.54) is 13.3 Å². The molecule has 0 fully saturated rings. The van der Waals surface area contributed by atoms with Gasteiger partial charge in [-0.15, -0.1) is 0 Å². The van der Waals surface area contributed by atoms with Crippen LogP contribution in [0.1, 0.15) is 27.6 Å². The first kappa shape index (κ1) is 20.8. The molecule has 3 rings (SSSR count). The van der Waals surface area contributed by atoms with Crippen LogP contribution >= 0.6 is 0 Å². The molecule has 7 heteroatoms. The molecule has 0 radical (unpaired) electrons. The number of hydrogen-bond donors (Lipinski definition) is 2. The molecule has 1 atom stereocenters. The first-order valence-corrected chi connectivity index (χ1v) is 9.09. The summed E-state index contributed by atoms with van der Waals surface area (Å²) in [5, 5.41) is 13.9. The van der Waals surface area contributed by atoms with Gasteiger partial charge in [0, 0.05) is 0 Å². The second-order valence-corrected chi connectivity index (χ2v) is 6.21. The largest absolute Gasteiger partial charge is 0.493 e. The number of hydrazone groups is 1. The zero-order valence-corrected chi connectivity index (χ0v) is 16.2. The van der Waals surface area contributed by atoms with E-state index in [2.05, 4.69) is 10.5 Å². The molecule has 0 aliphatic heterocycles. The molecular weight excluding hydrogens is 384 g/mol. The van der Waals surface area contributed by atoms with Crippen LogP contribution in [0.25, 0.3) is 0 Å². The Morgan fingerprint density at radius 1 is 0.967 bits per heavy atom. The van der Waals surface area contributed by atoms with Crippen LogP contribution in [0.4, 0.5) is 0 Å². The number of rotatable bonds is 7. The van der Waals surface area contributed by atoms with Crippen LogP contribution in [0.15, 0.2) is 84.0 Å². The second-order valence-electron chi connectivity index (χ2n) is 6.21. The molecule has 30 heavy (non-hydrogen) atoms. The molecule has 2 N–H and O–H groups in total. The van der Waals surface area contributed by atoms with Gasteiger partial charge >= 0.3 is 5.97 Å². The minimum atomic E-state index is -1.32. The van der Waals surface area contributed by atoms with Crippen molar-refractivity contribution < 1.29 is 24.2 Å². The van der Waals surface area contributed by atoms with Crippen molar-refractivity contribution in [1.29, 1.82) is 0 Å². The lowest BCUT2D eigenvalue weighted by Crippen LogP contribution is -2.25. The third-order valence-corrected chi connectivity index (χ3v) is 4.15. The number of benzene rings is 3. The summed E-state index contributed by atoms with van der Waals surface area (Å²) in [4.78, 5) is 24.2. The average Bonchev–Trinajstić information content (AvgIpc) is 2.80. The zero-order valence-electron chi connectivity index (χ0n) is 16.2. The van der Waals surface area contributed by atoms with E-state index in [9.17, 15) is 14.7 Å². The zero-order chi connectivity index (χ0) is 21.3. The lowest BCUT2D eigenvalue weighted by atomic mass is 10.1. The molecule has 3 aromatic rings. The number of hydrogen-bond acceptors (Lipinski definition) is 6. The molecular formula is C23H20N2O5. The molecule has 0 saturated heterocycles. The normalized spacial score (nSPS) is 11.7. The van der Waals surface area contributed by atoms with Crippen LogP contribution in [0, 0.1) is 0 Å². The van der Waals surface area contributed by atoms with E-state index in [0.717, 1.165) is 0 Å². The standard InChI is InChI=1S/C23H20N2O5/c1-29-20-14-16(12-13-19(20)30-23(28)18-10-6-3-7-11-18)15-24-25-22(27)21(26)17-8-4-2-5-9-17/h2-15,21,26H,1H3,(H,25,27)/b24-15-/t21-/m0/s1. The smallest absolute Gasteiger partial charge is 0.343 e. The van der Waals surface area contributed by atoms with Crippen molar-refractivity contribution in [3.05, 3.63) is 95.6 Å². The van der Waals surface area contributed by atoms with Gasteiger partial charge in [-0.3, -0.25) is 4.79 Å². The van der Waals surface area contributed by atoms with Crippen molar-refractivity contribution in [1.82, 2.24) is 5.43 Å². The minimum absolute atomic E-state index is 0.257. The fourth-order valence-corrected chi connectivity index (χ4v) is 2.60. The molecule has 7 nitrogen and oxygen atoms in total. The van der Waals surface area contributed by atoms with Crippen LogP contribution in [-0.4, -0.2) is 30.3 Å². The number of nitrogens with one attached hydrogen (secondary N) is 1. The number of methoxy groups -OCH3 is 1. The summed E-state index contributed by atoms with van der Waals surface area (Å²) in [6.07, 6.45) is 0.0682. The number of aliphatic hydroxyl groups is 1. The molecule has 3 aromatic carbocycles. The molecule has 0 heterocycles. The monoisotopic (exact) mass is 404 g/mol. The molecule has 0 aliphatic carbocycles. The van der Waals surface area contributed by atoms with E-state index in [0.29, 0.717) is 22.4 Å². The maximum absolute atomic E-state index is 12.2. The Morgan fingerprint density at radius 2 is 1.63 bits per heavy atom. The first-order chi connectivity index (χ1) is 14.6. The second kappa shape index (κ2) is 9.99. The molecule has 0 aliphatic rings. The van der Waals surface area contributed by atoms with Gasteiger partial charge in [0.05, 0.1) is 18.9 Å². The quantitative estimate of drug-likeness (QED) is 0.273. The summed E-state index contributed by atoms with van der Waals surface area (Å²) in [5.41, 5.74) is 3.78. The summed E-state index contributed by atoms with van der Waals surface area (Å²) >= 11 is 0. The Morgan fingerprint density at radius 3 is 2.30 bits per heavy atom. The van der Waals surface area contributed by atoms with Crippen LogP contribution < -0.4 is 14.9 Å². The van der Waals surface area contributed by atoms with E-state index >= 15 is 0 Å². The van der Waals surface area contributed by atoms with E-state index in [4.69, 9.17) is 9.47 Å². The molecule has 0 saturated carbocycles. The van der Waals surface area contributed by atoms with Crippen molar-refractivity contribution in [3.8, 4) is 11.5 Å². The van der Waals surface area contributed by atoms with Gasteiger partial charge < -0.3 is 14.6 Å². The van der Waals surface area contributed by atoms with Crippen molar-refractivity contribution in [3.63, 3.8) is 0 Å². The maximum Gasteiger partial charge on any atom is 0.343 e. The van der Waals surface area contributed by atoms with E-state index in [1.807, 2.05) is 6.07 Å². The van der Waals surface area contributed by atoms with Crippen molar-refractivity contribution >= 4 is 18.1 Å². The molecule has 152 valence electrons. The Hall–Kier alpha value is -3.97. The number of esters is 1. The van der Waals surface area contributed by atoms with Crippen molar-refractivity contribution in [2.24, 2.45) is 5.10 Å². The summed E-state index contributed by atoms with van der Waals surface area (Å²) in [6.45, 7) is 0. The fourth-order valence-electron chi connectivity index (χ4n) is 2.60. The number of carbonyl (C=O) groups is 2. The van der Waals surface area contributed by atoms with E-state index in [-0.39, 0.29) is 5.75 Å². The third-order valence-electron chi connectivity index (χ3n) is 4.15. The predicted octanol–water partition coefficient (Wildman–Crippen LogP) is 3.10. The summed E-state index contributed by atoms with van der Waals surface area (Å²) in [6, 6.07) is 22.0. The Balaban J connectivity index is 1.64. The first-order valence-electron chi connectivity index (χ1n) is 9.09. The maximum atomic E-state index is 12.2. The summed E-state index contributed by atoms with van der Waals surface area (Å²) in [5.74, 6) is -0.568. The third kappa shape index (κ3) is 5.30. The highest BCUT2D eigenvalue weighted by Crippen LogP contribution is 2.28. The molecule has 0 unspecified atom stereocenters. The van der Waals surface area contributed by atoms with Gasteiger partial charge in [0.2, 0.25) is 0 Å². The summed E-state index contributed by atoms with van der Waals surface area (Å²) in [7, 11) is 1.45. The minimum Gasteiger partial charge on any atom is -0.493 e. The van der Waals surface area contributed by atoms with Gasteiger partial charge in [0.25, 0.3) is 5.91 Å². The van der Waals surface area contributed by atoms with Gasteiger partial charge in [-0.2, -0.15) is 5.10 Å². The van der Waals surface area contributed by atoms with Gasteiger partial charge in [-0.05, 0) is 41.5 Å². The highest BCUT2D eigenvalue weighted by atomic mass is 16.6. The lowest BCUT2D eigenvalue weighted by Gasteiger charge is -2.10. The predicted molar refractivity (Wildman–Crippen MR) is 112 cm³/mol. The van der Waals surface area contributed by atoms with E-state index in [1.54, 1.807) is 72.8 Å².